The molecule has 0 unspecified atom stereocenters. The highest BCUT2D eigenvalue weighted by Crippen LogP contribution is 2.22. The summed E-state index contributed by atoms with van der Waals surface area (Å²) in [5, 5.41) is 2.89. The maximum absolute atomic E-state index is 11.4. The van der Waals surface area contributed by atoms with Gasteiger partial charge in [0.1, 0.15) is 0 Å². The predicted molar refractivity (Wildman–Crippen MR) is 67.9 cm³/mol. The van der Waals surface area contributed by atoms with Gasteiger partial charge in [0.2, 0.25) is 5.91 Å². The van der Waals surface area contributed by atoms with Crippen LogP contribution in [0.15, 0.2) is 0 Å². The Hall–Kier alpha value is -0.620. The maximum atomic E-state index is 11.4. The summed E-state index contributed by atoms with van der Waals surface area (Å²) in [7, 11) is 0. The van der Waals surface area contributed by atoms with E-state index >= 15 is 0 Å². The molecule has 0 bridgehead atoms. The van der Waals surface area contributed by atoms with E-state index in [0.717, 1.165) is 25.8 Å². The summed E-state index contributed by atoms with van der Waals surface area (Å²) in [4.78, 5) is 11.4. The Bertz CT molecular complexity index is 225. The second-order valence-corrected chi connectivity index (χ2v) is 6.21. The van der Waals surface area contributed by atoms with E-state index in [1.54, 1.807) is 11.8 Å². The zero-order valence-electron chi connectivity index (χ0n) is 9.93. The lowest BCUT2D eigenvalue weighted by atomic mass is 10.2. The van der Waals surface area contributed by atoms with Gasteiger partial charge in [0.25, 0.3) is 0 Å². The van der Waals surface area contributed by atoms with Gasteiger partial charge < -0.3 is 5.32 Å². The topological polar surface area (TPSA) is 29.1 Å². The van der Waals surface area contributed by atoms with Gasteiger partial charge in [-0.2, -0.15) is 0 Å². The summed E-state index contributed by atoms with van der Waals surface area (Å²) in [6, 6.07) is 0. The highest BCUT2D eigenvalue weighted by molar-refractivity contribution is 8.01. The van der Waals surface area contributed by atoms with Crippen molar-refractivity contribution in [3.8, 4) is 12.3 Å². The highest BCUT2D eigenvalue weighted by atomic mass is 32.2. The molecule has 0 saturated heterocycles. The molecule has 0 atom stereocenters. The Balaban J connectivity index is 3.39. The molecule has 0 spiro atoms. The smallest absolute Gasteiger partial charge is 0.230 e. The van der Waals surface area contributed by atoms with Crippen molar-refractivity contribution >= 4 is 17.7 Å². The minimum absolute atomic E-state index is 0.121. The van der Waals surface area contributed by atoms with Crippen LogP contribution in [0.3, 0.4) is 0 Å². The van der Waals surface area contributed by atoms with Crippen LogP contribution in [0, 0.1) is 12.3 Å². The quantitative estimate of drug-likeness (QED) is 0.558. The third kappa shape index (κ3) is 11.3. The summed E-state index contributed by atoms with van der Waals surface area (Å²) in [6.07, 6.45) is 7.88. The van der Waals surface area contributed by atoms with Crippen molar-refractivity contribution in [3.63, 3.8) is 0 Å². The van der Waals surface area contributed by atoms with Gasteiger partial charge in [-0.15, -0.1) is 24.1 Å². The molecule has 0 aliphatic carbocycles. The Kier molecular flexibility index (Phi) is 7.33. The number of thioether (sulfide) groups is 1. The van der Waals surface area contributed by atoms with E-state index in [-0.39, 0.29) is 10.7 Å². The average molecular weight is 227 g/mol. The van der Waals surface area contributed by atoms with Crippen LogP contribution in [0.5, 0.6) is 0 Å². The lowest BCUT2D eigenvalue weighted by Gasteiger charge is -2.16. The molecule has 1 N–H and O–H groups in total. The molecule has 0 aromatic carbocycles. The molecule has 15 heavy (non-hydrogen) atoms. The molecular formula is C12H21NOS. The molecule has 3 heteroatoms. The molecule has 86 valence electrons. The van der Waals surface area contributed by atoms with Gasteiger partial charge in [0, 0.05) is 17.7 Å². The molecule has 0 radical (unpaired) electrons. The summed E-state index contributed by atoms with van der Waals surface area (Å²) >= 11 is 1.67. The maximum Gasteiger partial charge on any atom is 0.230 e. The molecule has 0 aromatic heterocycles. The molecule has 0 saturated carbocycles. The molecular weight excluding hydrogens is 206 g/mol. The number of rotatable bonds is 6. The van der Waals surface area contributed by atoms with Crippen LogP contribution in [-0.2, 0) is 4.79 Å². The van der Waals surface area contributed by atoms with Gasteiger partial charge >= 0.3 is 0 Å². The SMILES string of the molecule is C#CCCCCNC(=O)CSC(C)(C)C. The first-order valence-corrected chi connectivity index (χ1v) is 6.28. The summed E-state index contributed by atoms with van der Waals surface area (Å²) in [6.45, 7) is 7.07. The van der Waals surface area contributed by atoms with E-state index in [4.69, 9.17) is 6.42 Å². The summed E-state index contributed by atoms with van der Waals surface area (Å²) < 4.78 is 0.154. The first-order valence-electron chi connectivity index (χ1n) is 5.30. The van der Waals surface area contributed by atoms with Crippen LogP contribution in [0.1, 0.15) is 40.0 Å². The second-order valence-electron chi connectivity index (χ2n) is 4.41. The second kappa shape index (κ2) is 7.64. The van der Waals surface area contributed by atoms with Gasteiger partial charge in [0.15, 0.2) is 0 Å². The van der Waals surface area contributed by atoms with E-state index in [1.165, 1.54) is 0 Å². The lowest BCUT2D eigenvalue weighted by Crippen LogP contribution is -2.27. The Morgan fingerprint density at radius 2 is 2.07 bits per heavy atom. The first-order chi connectivity index (χ1) is 6.95. The number of hydrogen-bond acceptors (Lipinski definition) is 2. The van der Waals surface area contributed by atoms with E-state index in [1.807, 2.05) is 0 Å². The standard InChI is InChI=1S/C12H21NOS/c1-5-6-7-8-9-13-11(14)10-15-12(2,3)4/h1H,6-10H2,2-4H3,(H,13,14). The Morgan fingerprint density at radius 1 is 1.40 bits per heavy atom. The van der Waals surface area contributed by atoms with Crippen LogP contribution >= 0.6 is 11.8 Å². The zero-order valence-corrected chi connectivity index (χ0v) is 10.7. The Labute approximate surface area is 97.6 Å². The van der Waals surface area contributed by atoms with E-state index in [2.05, 4.69) is 32.0 Å². The molecule has 2 nitrogen and oxygen atoms in total. The van der Waals surface area contributed by atoms with Crippen molar-refractivity contribution in [2.24, 2.45) is 0 Å². The van der Waals surface area contributed by atoms with Gasteiger partial charge in [0.05, 0.1) is 5.75 Å². The highest BCUT2D eigenvalue weighted by Gasteiger charge is 2.12. The minimum Gasteiger partial charge on any atom is -0.355 e. The molecule has 0 aromatic rings. The van der Waals surface area contributed by atoms with Crippen molar-refractivity contribution in [1.82, 2.24) is 5.32 Å². The number of terminal acetylenes is 1. The molecule has 0 aliphatic rings. The predicted octanol–water partition coefficient (Wildman–Crippen LogP) is 2.44. The van der Waals surface area contributed by atoms with Crippen LogP contribution in [0.25, 0.3) is 0 Å². The van der Waals surface area contributed by atoms with Crippen LogP contribution in [0.2, 0.25) is 0 Å². The van der Waals surface area contributed by atoms with Gasteiger partial charge in [-0.1, -0.05) is 20.8 Å². The number of amides is 1. The van der Waals surface area contributed by atoms with Crippen molar-refractivity contribution in [2.45, 2.75) is 44.8 Å². The first kappa shape index (κ1) is 14.4. The van der Waals surface area contributed by atoms with E-state index in [9.17, 15) is 4.79 Å². The molecule has 0 aliphatic heterocycles. The van der Waals surface area contributed by atoms with Crippen LogP contribution in [-0.4, -0.2) is 23.0 Å². The van der Waals surface area contributed by atoms with Crippen molar-refractivity contribution in [1.29, 1.82) is 0 Å². The summed E-state index contributed by atoms with van der Waals surface area (Å²) in [5.74, 6) is 3.25. The average Bonchev–Trinajstić information content (AvgIpc) is 2.13. The van der Waals surface area contributed by atoms with Gasteiger partial charge in [-0.3, -0.25) is 4.79 Å². The Morgan fingerprint density at radius 3 is 2.60 bits per heavy atom. The van der Waals surface area contributed by atoms with Crippen LogP contribution < -0.4 is 5.32 Å². The molecule has 1 amide bonds. The van der Waals surface area contributed by atoms with Crippen LogP contribution in [0.4, 0.5) is 0 Å². The monoisotopic (exact) mass is 227 g/mol. The fourth-order valence-corrected chi connectivity index (χ4v) is 1.58. The third-order valence-corrected chi connectivity index (χ3v) is 2.98. The lowest BCUT2D eigenvalue weighted by molar-refractivity contribution is -0.118. The third-order valence-electron chi connectivity index (χ3n) is 1.71. The number of carbonyl (C=O) groups excluding carboxylic acids is 1. The fraction of sp³-hybridized carbons (Fsp3) is 0.750. The number of unbranched alkanes of at least 4 members (excludes halogenated alkanes) is 2. The molecule has 0 fully saturated rings. The molecule has 0 rings (SSSR count). The van der Waals surface area contributed by atoms with Crippen molar-refractivity contribution in [3.05, 3.63) is 0 Å². The number of hydrogen-bond donors (Lipinski definition) is 1. The molecule has 0 heterocycles. The van der Waals surface area contributed by atoms with E-state index < -0.39 is 0 Å². The fourth-order valence-electron chi connectivity index (χ4n) is 0.913. The van der Waals surface area contributed by atoms with Crippen molar-refractivity contribution < 1.29 is 4.79 Å². The van der Waals surface area contributed by atoms with Crippen molar-refractivity contribution in [2.75, 3.05) is 12.3 Å². The largest absolute Gasteiger partial charge is 0.355 e. The van der Waals surface area contributed by atoms with E-state index in [0.29, 0.717) is 5.75 Å². The normalized spacial score (nSPS) is 10.8. The number of nitrogens with one attached hydrogen (secondary N) is 1. The zero-order chi connectivity index (χ0) is 11.7. The summed E-state index contributed by atoms with van der Waals surface area (Å²) in [5.41, 5.74) is 0. The number of carbonyl (C=O) groups is 1. The van der Waals surface area contributed by atoms with Gasteiger partial charge in [-0.05, 0) is 12.8 Å². The van der Waals surface area contributed by atoms with Gasteiger partial charge in [-0.25, -0.2) is 0 Å². The minimum atomic E-state index is 0.121.